The molecule has 0 radical (unpaired) electrons. The Kier molecular flexibility index (Phi) is 4.03. The predicted octanol–water partition coefficient (Wildman–Crippen LogP) is 2.68. The number of likely N-dealkylation sites (tertiary alicyclic amines) is 2. The number of hydrogen-bond acceptors (Lipinski definition) is 4. The van der Waals surface area contributed by atoms with Gasteiger partial charge in [0, 0.05) is 50.6 Å². The quantitative estimate of drug-likeness (QED) is 0.818. The van der Waals surface area contributed by atoms with Crippen molar-refractivity contribution in [2.45, 2.75) is 37.3 Å². The van der Waals surface area contributed by atoms with E-state index in [9.17, 15) is 9.59 Å². The van der Waals surface area contributed by atoms with Crippen molar-refractivity contribution in [1.29, 1.82) is 0 Å². The molecular weight excluding hydrogens is 322 g/mol. The molecule has 3 heterocycles. The van der Waals surface area contributed by atoms with Crippen molar-refractivity contribution in [3.05, 3.63) is 29.8 Å². The van der Waals surface area contributed by atoms with Gasteiger partial charge in [-0.3, -0.25) is 10.2 Å². The summed E-state index contributed by atoms with van der Waals surface area (Å²) in [5.41, 5.74) is 1.38. The Bertz CT molecular complexity index is 677. The number of amides is 2. The molecule has 0 aromatic heterocycles. The second kappa shape index (κ2) is 6.22. The number of nitrogens with one attached hydrogen (secondary N) is 1. The minimum absolute atomic E-state index is 0.373. The van der Waals surface area contributed by atoms with Gasteiger partial charge in [-0.05, 0) is 18.9 Å². The highest BCUT2D eigenvalue weighted by atomic mass is 16.6. The van der Waals surface area contributed by atoms with Gasteiger partial charge in [0.05, 0.1) is 5.69 Å². The number of anilines is 1. The van der Waals surface area contributed by atoms with Crippen LogP contribution in [-0.4, -0.2) is 59.3 Å². The topological polar surface area (TPSA) is 82.1 Å². The SMILES string of the molecule is O=C1Nc2ccccc2C2(CCN(C3CCN(C(=O)O)CC3)CC2)O1. The lowest BCUT2D eigenvalue weighted by Gasteiger charge is -2.47. The molecule has 1 aromatic rings. The fourth-order valence-electron chi connectivity index (χ4n) is 4.40. The molecule has 2 amide bonds. The smallest absolute Gasteiger partial charge is 0.412 e. The number of nitrogens with zero attached hydrogens (tertiary/aromatic N) is 2. The van der Waals surface area contributed by atoms with E-state index >= 15 is 0 Å². The lowest BCUT2D eigenvalue weighted by Crippen LogP contribution is -2.53. The summed E-state index contributed by atoms with van der Waals surface area (Å²) in [6.45, 7) is 2.92. The lowest BCUT2D eigenvalue weighted by atomic mass is 9.81. The molecule has 134 valence electrons. The van der Waals surface area contributed by atoms with Crippen molar-refractivity contribution in [3.63, 3.8) is 0 Å². The number of piperidine rings is 2. The first-order chi connectivity index (χ1) is 12.1. The van der Waals surface area contributed by atoms with Crippen LogP contribution in [0.5, 0.6) is 0 Å². The van der Waals surface area contributed by atoms with Crippen LogP contribution in [0.15, 0.2) is 24.3 Å². The number of rotatable bonds is 1. The zero-order valence-electron chi connectivity index (χ0n) is 14.1. The maximum atomic E-state index is 12.0. The van der Waals surface area contributed by atoms with Gasteiger partial charge in [0.1, 0.15) is 5.60 Å². The van der Waals surface area contributed by atoms with E-state index in [2.05, 4.69) is 10.2 Å². The van der Waals surface area contributed by atoms with Gasteiger partial charge in [-0.1, -0.05) is 18.2 Å². The molecule has 2 N–H and O–H groups in total. The summed E-state index contributed by atoms with van der Waals surface area (Å²) in [7, 11) is 0. The average Bonchev–Trinajstić information content (AvgIpc) is 2.62. The second-order valence-electron chi connectivity index (χ2n) is 7.09. The Morgan fingerprint density at radius 3 is 2.52 bits per heavy atom. The van der Waals surface area contributed by atoms with Crippen molar-refractivity contribution < 1.29 is 19.4 Å². The Morgan fingerprint density at radius 2 is 1.84 bits per heavy atom. The molecular formula is C18H23N3O4. The van der Waals surface area contributed by atoms with Crippen molar-refractivity contribution in [1.82, 2.24) is 9.80 Å². The van der Waals surface area contributed by atoms with Crippen LogP contribution in [0.2, 0.25) is 0 Å². The Hall–Kier alpha value is -2.28. The van der Waals surface area contributed by atoms with Crippen LogP contribution in [0, 0.1) is 0 Å². The molecule has 2 fully saturated rings. The largest absolute Gasteiger partial charge is 0.465 e. The van der Waals surface area contributed by atoms with Crippen LogP contribution < -0.4 is 5.32 Å². The van der Waals surface area contributed by atoms with Gasteiger partial charge in [0.2, 0.25) is 0 Å². The highest BCUT2D eigenvalue weighted by molar-refractivity contribution is 5.88. The molecule has 25 heavy (non-hydrogen) atoms. The highest BCUT2D eigenvalue weighted by Crippen LogP contribution is 2.43. The first-order valence-corrected chi connectivity index (χ1v) is 8.89. The highest BCUT2D eigenvalue weighted by Gasteiger charge is 2.45. The fraction of sp³-hybridized carbons (Fsp3) is 0.556. The van der Waals surface area contributed by atoms with Crippen LogP contribution in [0.1, 0.15) is 31.2 Å². The van der Waals surface area contributed by atoms with Crippen molar-refractivity contribution in [2.75, 3.05) is 31.5 Å². The van der Waals surface area contributed by atoms with Crippen LogP contribution in [0.25, 0.3) is 0 Å². The molecule has 7 nitrogen and oxygen atoms in total. The Morgan fingerprint density at radius 1 is 1.16 bits per heavy atom. The molecule has 7 heteroatoms. The van der Waals surface area contributed by atoms with Gasteiger partial charge in [-0.2, -0.15) is 0 Å². The molecule has 1 aromatic carbocycles. The summed E-state index contributed by atoms with van der Waals surface area (Å²) in [4.78, 5) is 26.9. The number of ether oxygens (including phenoxy) is 1. The normalized spacial score (nSPS) is 23.7. The first-order valence-electron chi connectivity index (χ1n) is 8.89. The molecule has 0 saturated carbocycles. The third-order valence-corrected chi connectivity index (χ3v) is 5.80. The number of carbonyl (C=O) groups excluding carboxylic acids is 1. The third-order valence-electron chi connectivity index (χ3n) is 5.80. The van der Waals surface area contributed by atoms with E-state index in [1.165, 1.54) is 4.90 Å². The number of para-hydroxylation sites is 1. The van der Waals surface area contributed by atoms with Crippen molar-refractivity contribution >= 4 is 17.9 Å². The molecule has 1 spiro atoms. The molecule has 4 rings (SSSR count). The fourth-order valence-corrected chi connectivity index (χ4v) is 4.40. The zero-order chi connectivity index (χ0) is 17.4. The number of carbonyl (C=O) groups is 2. The first kappa shape index (κ1) is 16.2. The lowest BCUT2D eigenvalue weighted by molar-refractivity contribution is -0.0501. The van der Waals surface area contributed by atoms with Crippen LogP contribution in [0.3, 0.4) is 0 Å². The number of benzene rings is 1. The van der Waals surface area contributed by atoms with E-state index in [0.29, 0.717) is 19.1 Å². The molecule has 0 unspecified atom stereocenters. The summed E-state index contributed by atoms with van der Waals surface area (Å²) in [5.74, 6) is 0. The van der Waals surface area contributed by atoms with Crippen molar-refractivity contribution in [3.8, 4) is 0 Å². The summed E-state index contributed by atoms with van der Waals surface area (Å²) >= 11 is 0. The van der Waals surface area contributed by atoms with E-state index in [4.69, 9.17) is 9.84 Å². The van der Waals surface area contributed by atoms with Crippen LogP contribution in [0.4, 0.5) is 15.3 Å². The van der Waals surface area contributed by atoms with E-state index in [1.54, 1.807) is 0 Å². The van der Waals surface area contributed by atoms with Crippen molar-refractivity contribution in [2.24, 2.45) is 0 Å². The molecule has 0 bridgehead atoms. The van der Waals surface area contributed by atoms with Gasteiger partial charge in [-0.25, -0.2) is 9.59 Å². The predicted molar refractivity (Wildman–Crippen MR) is 91.7 cm³/mol. The zero-order valence-corrected chi connectivity index (χ0v) is 14.1. The monoisotopic (exact) mass is 345 g/mol. The Labute approximate surface area is 146 Å². The van der Waals surface area contributed by atoms with E-state index in [0.717, 1.165) is 50.0 Å². The summed E-state index contributed by atoms with van der Waals surface area (Å²) in [6, 6.07) is 8.28. The van der Waals surface area contributed by atoms with Crippen LogP contribution >= 0.6 is 0 Å². The number of carboxylic acid groups (broad SMARTS) is 1. The number of hydrogen-bond donors (Lipinski definition) is 2. The second-order valence-corrected chi connectivity index (χ2v) is 7.09. The maximum absolute atomic E-state index is 12.0. The maximum Gasteiger partial charge on any atom is 0.412 e. The number of fused-ring (bicyclic) bond motifs is 2. The van der Waals surface area contributed by atoms with Crippen LogP contribution in [-0.2, 0) is 10.3 Å². The molecule has 0 atom stereocenters. The molecule has 2 saturated heterocycles. The molecule has 3 aliphatic heterocycles. The standard InChI is InChI=1S/C18H23N3O4/c22-16-19-15-4-2-1-3-14(15)18(25-16)7-11-20(12-8-18)13-5-9-21(10-6-13)17(23)24/h1-4,13H,5-12H2,(H,19,22)(H,23,24). The van der Waals surface area contributed by atoms with Gasteiger partial charge in [0.15, 0.2) is 0 Å². The average molecular weight is 345 g/mol. The van der Waals surface area contributed by atoms with Gasteiger partial charge < -0.3 is 14.7 Å². The molecule has 0 aliphatic carbocycles. The summed E-state index contributed by atoms with van der Waals surface area (Å²) in [6.07, 6.45) is 2.10. The summed E-state index contributed by atoms with van der Waals surface area (Å²) < 4.78 is 5.76. The third kappa shape index (κ3) is 2.93. The summed E-state index contributed by atoms with van der Waals surface area (Å²) in [5, 5.41) is 11.9. The minimum atomic E-state index is -0.825. The molecule has 3 aliphatic rings. The minimum Gasteiger partial charge on any atom is -0.465 e. The Balaban J connectivity index is 1.44. The van der Waals surface area contributed by atoms with Gasteiger partial charge in [-0.15, -0.1) is 0 Å². The van der Waals surface area contributed by atoms with Gasteiger partial charge in [0.25, 0.3) is 0 Å². The van der Waals surface area contributed by atoms with E-state index < -0.39 is 11.7 Å². The van der Waals surface area contributed by atoms with Gasteiger partial charge >= 0.3 is 12.2 Å². The van der Waals surface area contributed by atoms with E-state index in [1.807, 2.05) is 24.3 Å². The van der Waals surface area contributed by atoms with E-state index in [-0.39, 0.29) is 6.09 Å².